The quantitative estimate of drug-likeness (QED) is 0.141. The van der Waals surface area contributed by atoms with Gasteiger partial charge in [-0.1, -0.05) is 140 Å². The molecule has 0 saturated heterocycles. The van der Waals surface area contributed by atoms with E-state index in [9.17, 15) is 15.0 Å². The van der Waals surface area contributed by atoms with Crippen molar-refractivity contribution < 1.29 is 30.0 Å². The number of para-hydroxylation sites is 2. The van der Waals surface area contributed by atoms with E-state index in [4.69, 9.17) is 14.9 Å². The predicted octanol–water partition coefficient (Wildman–Crippen LogP) is 9.70. The number of phenolic OH excluding ortho intramolecular Hbond substituents is 4. The second-order valence-corrected chi connectivity index (χ2v) is 11.1. The summed E-state index contributed by atoms with van der Waals surface area (Å²) in [4.78, 5) is 12.4. The number of fused-ring (bicyclic) bond motifs is 1. The van der Waals surface area contributed by atoms with Gasteiger partial charge in [0.15, 0.2) is 5.60 Å². The van der Waals surface area contributed by atoms with Crippen molar-refractivity contribution in [3.63, 3.8) is 0 Å². The normalized spacial score (nSPS) is 11.9. The van der Waals surface area contributed by atoms with Crippen molar-refractivity contribution in [1.29, 1.82) is 0 Å². The van der Waals surface area contributed by atoms with Gasteiger partial charge in [0.05, 0.1) is 5.56 Å². The summed E-state index contributed by atoms with van der Waals surface area (Å²) < 4.78 is 5.87. The molecule has 4 N–H and O–H groups in total. The van der Waals surface area contributed by atoms with E-state index in [0.717, 1.165) is 16.7 Å². The predicted molar refractivity (Wildman–Crippen MR) is 196 cm³/mol. The molecule has 50 heavy (non-hydrogen) atoms. The number of phenols is 4. The smallest absolute Gasteiger partial charge is 0.340 e. The van der Waals surface area contributed by atoms with Crippen LogP contribution in [0.1, 0.15) is 27.0 Å². The Morgan fingerprint density at radius 1 is 0.360 bits per heavy atom. The highest BCUT2D eigenvalue weighted by molar-refractivity contribution is 5.96. The summed E-state index contributed by atoms with van der Waals surface area (Å²) in [6.45, 7) is 0. The molecule has 7 aromatic rings. The Morgan fingerprint density at radius 3 is 1.04 bits per heavy atom. The highest BCUT2D eigenvalue weighted by Crippen LogP contribution is 2.47. The molecule has 0 saturated carbocycles. The van der Waals surface area contributed by atoms with Crippen LogP contribution < -0.4 is 0 Å². The number of rotatable bonds is 3. The zero-order valence-corrected chi connectivity index (χ0v) is 27.1. The zero-order chi connectivity index (χ0) is 35.2. The zero-order valence-electron chi connectivity index (χ0n) is 27.1. The van der Waals surface area contributed by atoms with Crippen molar-refractivity contribution in [1.82, 2.24) is 0 Å². The van der Waals surface area contributed by atoms with Gasteiger partial charge in [-0.05, 0) is 65.7 Å². The molecule has 1 aliphatic heterocycles. The highest BCUT2D eigenvalue weighted by atomic mass is 16.6. The van der Waals surface area contributed by atoms with Gasteiger partial charge in [0.25, 0.3) is 0 Å². The minimum absolute atomic E-state index is 0.136. The molecule has 6 nitrogen and oxygen atoms in total. The Morgan fingerprint density at radius 2 is 0.680 bits per heavy atom. The molecule has 0 amide bonds. The van der Waals surface area contributed by atoms with E-state index >= 15 is 0 Å². The molecule has 0 aromatic heterocycles. The molecule has 0 spiro atoms. The Bertz CT molecular complexity index is 1930. The Balaban J connectivity index is 0.000000154. The summed E-state index contributed by atoms with van der Waals surface area (Å²) in [6, 6.07) is 58.6. The topological polar surface area (TPSA) is 107 Å². The molecule has 0 radical (unpaired) electrons. The second-order valence-electron chi connectivity index (χ2n) is 11.1. The molecular formula is C44H36O6. The van der Waals surface area contributed by atoms with E-state index in [0.29, 0.717) is 17.1 Å². The lowest BCUT2D eigenvalue weighted by molar-refractivity contribution is 0.0251. The highest BCUT2D eigenvalue weighted by Gasteiger charge is 2.48. The number of esters is 1. The molecule has 1 aliphatic rings. The standard InChI is InChI=1S/C20H14O4.C12H10.2C6H6O/c21-15-9-5-13(6-10-15)20(14-7-11-16(22)12-8-14)18-4-2-1-3-17(18)19(23)24-20;1-3-7-11(8-4-1)12-9-5-2-6-10-12;2*7-6-4-2-1-3-5-6/h1-12,21-22H;1-10H;2*1-5,7H. The first-order valence-electron chi connectivity index (χ1n) is 15.9. The number of ether oxygens (including phenoxy) is 1. The van der Waals surface area contributed by atoms with Gasteiger partial charge < -0.3 is 25.2 Å². The summed E-state index contributed by atoms with van der Waals surface area (Å²) in [7, 11) is 0. The Labute approximate surface area is 291 Å². The molecule has 1 heterocycles. The van der Waals surface area contributed by atoms with E-state index < -0.39 is 11.6 Å². The van der Waals surface area contributed by atoms with E-state index in [2.05, 4.69) is 48.5 Å². The third-order valence-electron chi connectivity index (χ3n) is 7.71. The van der Waals surface area contributed by atoms with Gasteiger partial charge in [0.2, 0.25) is 0 Å². The van der Waals surface area contributed by atoms with Gasteiger partial charge in [0.1, 0.15) is 23.0 Å². The number of carbonyl (C=O) groups is 1. The third kappa shape index (κ3) is 8.76. The van der Waals surface area contributed by atoms with Crippen molar-refractivity contribution in [3.05, 3.63) is 216 Å². The number of aromatic hydroxyl groups is 4. The molecule has 0 bridgehead atoms. The van der Waals surface area contributed by atoms with Crippen LogP contribution in [0.3, 0.4) is 0 Å². The van der Waals surface area contributed by atoms with Crippen LogP contribution in [0.15, 0.2) is 194 Å². The molecule has 248 valence electrons. The van der Waals surface area contributed by atoms with Crippen LogP contribution in [0, 0.1) is 0 Å². The molecule has 7 aromatic carbocycles. The van der Waals surface area contributed by atoms with E-state index in [-0.39, 0.29) is 11.5 Å². The monoisotopic (exact) mass is 660 g/mol. The summed E-state index contributed by atoms with van der Waals surface area (Å²) in [5, 5.41) is 36.5. The second kappa shape index (κ2) is 16.9. The van der Waals surface area contributed by atoms with Crippen LogP contribution in [-0.2, 0) is 10.3 Å². The number of benzene rings is 7. The van der Waals surface area contributed by atoms with Crippen LogP contribution in [0.25, 0.3) is 11.1 Å². The van der Waals surface area contributed by atoms with E-state index in [1.807, 2.05) is 36.4 Å². The van der Waals surface area contributed by atoms with E-state index in [1.54, 1.807) is 109 Å². The number of hydrogen-bond acceptors (Lipinski definition) is 6. The van der Waals surface area contributed by atoms with Crippen LogP contribution in [0.4, 0.5) is 0 Å². The number of cyclic esters (lactones) is 1. The number of hydrogen-bond donors (Lipinski definition) is 4. The molecular weight excluding hydrogens is 624 g/mol. The van der Waals surface area contributed by atoms with Crippen molar-refractivity contribution in [2.24, 2.45) is 0 Å². The lowest BCUT2D eigenvalue weighted by atomic mass is 9.80. The van der Waals surface area contributed by atoms with Gasteiger partial charge in [-0.15, -0.1) is 0 Å². The maximum absolute atomic E-state index is 12.4. The molecule has 0 unspecified atom stereocenters. The van der Waals surface area contributed by atoms with Gasteiger partial charge >= 0.3 is 5.97 Å². The first-order valence-corrected chi connectivity index (χ1v) is 15.9. The number of carbonyl (C=O) groups excluding carboxylic acids is 1. The van der Waals surface area contributed by atoms with Crippen LogP contribution in [0.5, 0.6) is 23.0 Å². The average Bonchev–Trinajstić information content (AvgIpc) is 3.47. The molecule has 0 atom stereocenters. The van der Waals surface area contributed by atoms with Crippen LogP contribution in [0.2, 0.25) is 0 Å². The molecule has 8 rings (SSSR count). The third-order valence-corrected chi connectivity index (χ3v) is 7.71. The van der Waals surface area contributed by atoms with Crippen molar-refractivity contribution in [3.8, 4) is 34.1 Å². The van der Waals surface area contributed by atoms with Crippen LogP contribution >= 0.6 is 0 Å². The van der Waals surface area contributed by atoms with Gasteiger partial charge in [-0.25, -0.2) is 4.79 Å². The SMILES string of the molecule is O=C1OC(c2ccc(O)cc2)(c2ccc(O)cc2)c2ccccc21.Oc1ccccc1.Oc1ccccc1.c1ccc(-c2ccccc2)cc1. The van der Waals surface area contributed by atoms with Crippen molar-refractivity contribution >= 4 is 5.97 Å². The maximum atomic E-state index is 12.4. The van der Waals surface area contributed by atoms with Crippen molar-refractivity contribution in [2.45, 2.75) is 5.60 Å². The fourth-order valence-corrected chi connectivity index (χ4v) is 5.32. The van der Waals surface area contributed by atoms with E-state index in [1.165, 1.54) is 11.1 Å². The summed E-state index contributed by atoms with van der Waals surface area (Å²) in [5.74, 6) is 0.520. The summed E-state index contributed by atoms with van der Waals surface area (Å²) in [6.07, 6.45) is 0. The van der Waals surface area contributed by atoms with Gasteiger partial charge in [-0.3, -0.25) is 0 Å². The fourth-order valence-electron chi connectivity index (χ4n) is 5.32. The largest absolute Gasteiger partial charge is 0.508 e. The lowest BCUT2D eigenvalue weighted by Gasteiger charge is -2.30. The summed E-state index contributed by atoms with van der Waals surface area (Å²) in [5.41, 5.74) is 4.16. The minimum atomic E-state index is -1.10. The van der Waals surface area contributed by atoms with Gasteiger partial charge in [-0.2, -0.15) is 0 Å². The maximum Gasteiger partial charge on any atom is 0.340 e. The first-order chi connectivity index (χ1) is 24.4. The van der Waals surface area contributed by atoms with Crippen molar-refractivity contribution in [2.75, 3.05) is 0 Å². The summed E-state index contributed by atoms with van der Waals surface area (Å²) >= 11 is 0. The van der Waals surface area contributed by atoms with Gasteiger partial charge in [0, 0.05) is 16.7 Å². The molecule has 6 heteroatoms. The lowest BCUT2D eigenvalue weighted by Crippen LogP contribution is -2.29. The Kier molecular flexibility index (Phi) is 11.6. The average molecular weight is 661 g/mol. The minimum Gasteiger partial charge on any atom is -0.508 e. The fraction of sp³-hybridized carbons (Fsp3) is 0.0227. The first kappa shape index (κ1) is 34.5. The molecule has 0 fully saturated rings. The molecule has 0 aliphatic carbocycles. The Hall–Kier alpha value is -6.79. The van der Waals surface area contributed by atoms with Crippen LogP contribution in [-0.4, -0.2) is 26.4 Å².